The topological polar surface area (TPSA) is 34.1 Å². The standard InChI is InChI=1S/C12H16O2S/c1-10-4-6-11(7-5-10)12(8-3-9-12)15(2,13)14/h4-7H,3,8-9H2,1-2H3. The fourth-order valence-corrected chi connectivity index (χ4v) is 3.82. The van der Waals surface area contributed by atoms with Crippen LogP contribution in [0.25, 0.3) is 0 Å². The Kier molecular flexibility index (Phi) is 2.38. The van der Waals surface area contributed by atoms with Gasteiger partial charge in [0.25, 0.3) is 0 Å². The molecule has 0 aliphatic heterocycles. The van der Waals surface area contributed by atoms with Gasteiger partial charge in [0.2, 0.25) is 0 Å². The molecule has 1 saturated carbocycles. The first-order valence-corrected chi connectivity index (χ1v) is 7.12. The summed E-state index contributed by atoms with van der Waals surface area (Å²) in [5, 5.41) is 0. The van der Waals surface area contributed by atoms with Crippen LogP contribution in [0.4, 0.5) is 0 Å². The molecule has 0 aromatic heterocycles. The number of benzene rings is 1. The highest BCUT2D eigenvalue weighted by Crippen LogP contribution is 2.47. The first kappa shape index (κ1) is 10.7. The fourth-order valence-electron chi connectivity index (χ4n) is 2.23. The zero-order chi connectivity index (χ0) is 11.1. The number of sulfone groups is 1. The lowest BCUT2D eigenvalue weighted by molar-refractivity contribution is 0.346. The Morgan fingerprint density at radius 3 is 2.00 bits per heavy atom. The van der Waals surface area contributed by atoms with Crippen LogP contribution in [0.1, 0.15) is 30.4 Å². The molecule has 0 atom stereocenters. The third-order valence-electron chi connectivity index (χ3n) is 3.45. The molecule has 0 radical (unpaired) electrons. The molecule has 1 aromatic carbocycles. The monoisotopic (exact) mass is 224 g/mol. The molecule has 0 heterocycles. The van der Waals surface area contributed by atoms with Gasteiger partial charge in [0.1, 0.15) is 0 Å². The molecule has 1 aliphatic rings. The number of hydrogen-bond acceptors (Lipinski definition) is 2. The second-order valence-electron chi connectivity index (χ2n) is 4.49. The van der Waals surface area contributed by atoms with Gasteiger partial charge < -0.3 is 0 Å². The molecule has 0 spiro atoms. The van der Waals surface area contributed by atoms with Crippen LogP contribution in [-0.2, 0) is 14.6 Å². The van der Waals surface area contributed by atoms with Crippen LogP contribution in [-0.4, -0.2) is 14.7 Å². The van der Waals surface area contributed by atoms with Crippen molar-refractivity contribution in [2.75, 3.05) is 6.26 Å². The van der Waals surface area contributed by atoms with E-state index in [-0.39, 0.29) is 0 Å². The Morgan fingerprint density at radius 2 is 1.67 bits per heavy atom. The van der Waals surface area contributed by atoms with Crippen LogP contribution in [0.3, 0.4) is 0 Å². The van der Waals surface area contributed by atoms with Crippen molar-refractivity contribution < 1.29 is 8.42 Å². The second-order valence-corrected chi connectivity index (χ2v) is 6.81. The van der Waals surface area contributed by atoms with Crippen LogP contribution in [0.5, 0.6) is 0 Å². The smallest absolute Gasteiger partial charge is 0.157 e. The van der Waals surface area contributed by atoms with Crippen molar-refractivity contribution in [3.05, 3.63) is 35.4 Å². The van der Waals surface area contributed by atoms with Crippen molar-refractivity contribution in [2.45, 2.75) is 30.9 Å². The molecule has 1 aromatic rings. The van der Waals surface area contributed by atoms with Gasteiger partial charge in [-0.1, -0.05) is 29.8 Å². The molecule has 2 rings (SSSR count). The van der Waals surface area contributed by atoms with Crippen LogP contribution in [0.2, 0.25) is 0 Å². The van der Waals surface area contributed by atoms with Gasteiger partial charge in [0, 0.05) is 6.26 Å². The zero-order valence-electron chi connectivity index (χ0n) is 9.16. The van der Waals surface area contributed by atoms with Gasteiger partial charge in [-0.15, -0.1) is 0 Å². The minimum atomic E-state index is -2.99. The lowest BCUT2D eigenvalue weighted by atomic mass is 9.78. The summed E-state index contributed by atoms with van der Waals surface area (Å²) in [6, 6.07) is 7.88. The highest BCUT2D eigenvalue weighted by atomic mass is 32.2. The maximum Gasteiger partial charge on any atom is 0.157 e. The molecular weight excluding hydrogens is 208 g/mol. The van der Waals surface area contributed by atoms with Crippen LogP contribution in [0.15, 0.2) is 24.3 Å². The maximum atomic E-state index is 11.8. The van der Waals surface area contributed by atoms with Crippen LogP contribution < -0.4 is 0 Å². The molecule has 0 N–H and O–H groups in total. The van der Waals surface area contributed by atoms with E-state index in [1.807, 2.05) is 31.2 Å². The average Bonchev–Trinajstić information content (AvgIpc) is 2.03. The minimum absolute atomic E-state index is 0.583. The molecule has 15 heavy (non-hydrogen) atoms. The normalized spacial score (nSPS) is 19.6. The lowest BCUT2D eigenvalue weighted by Crippen LogP contribution is -2.41. The van der Waals surface area contributed by atoms with E-state index in [9.17, 15) is 8.42 Å². The Balaban J connectivity index is 2.48. The van der Waals surface area contributed by atoms with Crippen molar-refractivity contribution in [2.24, 2.45) is 0 Å². The Morgan fingerprint density at radius 1 is 1.13 bits per heavy atom. The Bertz CT molecular complexity index is 453. The molecule has 1 fully saturated rings. The summed E-state index contributed by atoms with van der Waals surface area (Å²) in [5.74, 6) is 0. The predicted molar refractivity (Wildman–Crippen MR) is 61.6 cm³/mol. The fraction of sp³-hybridized carbons (Fsp3) is 0.500. The first-order valence-electron chi connectivity index (χ1n) is 5.22. The summed E-state index contributed by atoms with van der Waals surface area (Å²) < 4.78 is 23.1. The molecule has 1 aliphatic carbocycles. The molecule has 0 bridgehead atoms. The van der Waals surface area contributed by atoms with Gasteiger partial charge >= 0.3 is 0 Å². The summed E-state index contributed by atoms with van der Waals surface area (Å²) in [7, 11) is -2.99. The summed E-state index contributed by atoms with van der Waals surface area (Å²) in [6.45, 7) is 2.01. The molecule has 82 valence electrons. The van der Waals surface area contributed by atoms with Gasteiger partial charge in [0.05, 0.1) is 4.75 Å². The van der Waals surface area contributed by atoms with Gasteiger partial charge in [-0.2, -0.15) is 0 Å². The van der Waals surface area contributed by atoms with Crippen molar-refractivity contribution in [3.8, 4) is 0 Å². The van der Waals surface area contributed by atoms with E-state index in [1.54, 1.807) is 0 Å². The largest absolute Gasteiger partial charge is 0.228 e. The maximum absolute atomic E-state index is 11.8. The zero-order valence-corrected chi connectivity index (χ0v) is 9.97. The molecule has 2 nitrogen and oxygen atoms in total. The third-order valence-corrected chi connectivity index (χ3v) is 5.51. The molecular formula is C12H16O2S. The Labute approximate surface area is 91.2 Å². The summed E-state index contributed by atoms with van der Waals surface area (Å²) >= 11 is 0. The summed E-state index contributed by atoms with van der Waals surface area (Å²) in [6.07, 6.45) is 3.91. The highest BCUT2D eigenvalue weighted by molar-refractivity contribution is 7.91. The predicted octanol–water partition coefficient (Wildman–Crippen LogP) is 2.42. The van der Waals surface area contributed by atoms with Gasteiger partial charge in [-0.25, -0.2) is 8.42 Å². The van der Waals surface area contributed by atoms with Crippen molar-refractivity contribution >= 4 is 9.84 Å². The van der Waals surface area contributed by atoms with E-state index < -0.39 is 14.6 Å². The molecule has 3 heteroatoms. The third kappa shape index (κ3) is 1.59. The van der Waals surface area contributed by atoms with E-state index in [4.69, 9.17) is 0 Å². The quantitative estimate of drug-likeness (QED) is 0.773. The van der Waals surface area contributed by atoms with Crippen molar-refractivity contribution in [3.63, 3.8) is 0 Å². The van der Waals surface area contributed by atoms with Crippen molar-refractivity contribution in [1.29, 1.82) is 0 Å². The van der Waals surface area contributed by atoms with Gasteiger partial charge in [0.15, 0.2) is 9.84 Å². The minimum Gasteiger partial charge on any atom is -0.228 e. The molecule has 0 saturated heterocycles. The molecule has 0 unspecified atom stereocenters. The van der Waals surface area contributed by atoms with E-state index in [2.05, 4.69) is 0 Å². The van der Waals surface area contributed by atoms with E-state index >= 15 is 0 Å². The lowest BCUT2D eigenvalue weighted by Gasteiger charge is -2.40. The van der Waals surface area contributed by atoms with E-state index in [1.165, 1.54) is 11.8 Å². The summed E-state index contributed by atoms with van der Waals surface area (Å²) in [5.41, 5.74) is 2.13. The number of hydrogen-bond donors (Lipinski definition) is 0. The van der Waals surface area contributed by atoms with Crippen LogP contribution >= 0.6 is 0 Å². The van der Waals surface area contributed by atoms with Gasteiger partial charge in [-0.05, 0) is 31.7 Å². The van der Waals surface area contributed by atoms with E-state index in [0.29, 0.717) is 0 Å². The van der Waals surface area contributed by atoms with Crippen molar-refractivity contribution in [1.82, 2.24) is 0 Å². The second kappa shape index (κ2) is 3.34. The molecule has 0 amide bonds. The average molecular weight is 224 g/mol. The van der Waals surface area contributed by atoms with Gasteiger partial charge in [-0.3, -0.25) is 0 Å². The SMILES string of the molecule is Cc1ccc(C2(S(C)(=O)=O)CCC2)cc1. The number of rotatable bonds is 2. The first-order chi connectivity index (χ1) is 6.96. The van der Waals surface area contributed by atoms with E-state index in [0.717, 1.165) is 24.8 Å². The number of aryl methyl sites for hydroxylation is 1. The van der Waals surface area contributed by atoms with Crippen LogP contribution in [0, 0.1) is 6.92 Å². The highest BCUT2D eigenvalue weighted by Gasteiger charge is 2.47. The Hall–Kier alpha value is -0.830. The summed E-state index contributed by atoms with van der Waals surface area (Å²) in [4.78, 5) is 0.